The van der Waals surface area contributed by atoms with Crippen LogP contribution in [0.3, 0.4) is 0 Å². The van der Waals surface area contributed by atoms with Crippen molar-refractivity contribution in [3.63, 3.8) is 0 Å². The molecule has 0 aliphatic rings. The second-order valence-electron chi connectivity index (χ2n) is 2.92. The Kier molecular flexibility index (Phi) is 2.09. The highest BCUT2D eigenvalue weighted by Crippen LogP contribution is 2.31. The average Bonchev–Trinajstić information content (AvgIpc) is 2.61. The van der Waals surface area contributed by atoms with E-state index in [0.717, 1.165) is 5.69 Å². The Morgan fingerprint density at radius 2 is 2.15 bits per heavy atom. The van der Waals surface area contributed by atoms with E-state index in [-0.39, 0.29) is 0 Å². The summed E-state index contributed by atoms with van der Waals surface area (Å²) < 4.78 is 0. The van der Waals surface area contributed by atoms with E-state index in [0.29, 0.717) is 5.13 Å². The summed E-state index contributed by atoms with van der Waals surface area (Å²) >= 11 is 3.26. The van der Waals surface area contributed by atoms with Gasteiger partial charge in [0.2, 0.25) is 0 Å². The molecule has 0 saturated heterocycles. The van der Waals surface area contributed by atoms with Crippen molar-refractivity contribution in [1.29, 1.82) is 0 Å². The molecule has 0 aliphatic heterocycles. The first-order valence-corrected chi connectivity index (χ1v) is 5.65. The Balaban J connectivity index is 2.46. The first-order chi connectivity index (χ1) is 6.16. The molecule has 2 rings (SSSR count). The van der Waals surface area contributed by atoms with E-state index in [2.05, 4.69) is 24.9 Å². The lowest BCUT2D eigenvalue weighted by atomic mass is 10.2. The van der Waals surface area contributed by atoms with Gasteiger partial charge < -0.3 is 5.73 Å². The summed E-state index contributed by atoms with van der Waals surface area (Å²) in [5, 5.41) is 2.64. The molecule has 13 heavy (non-hydrogen) atoms. The molecule has 0 atom stereocenters. The number of thiazole rings is 1. The lowest BCUT2D eigenvalue weighted by molar-refractivity contribution is 1.41. The minimum atomic E-state index is 0.638. The Hall–Kier alpha value is -0.870. The summed E-state index contributed by atoms with van der Waals surface area (Å²) in [6.07, 6.45) is 0. The monoisotopic (exact) mass is 210 g/mol. The molecule has 0 spiro atoms. The van der Waals surface area contributed by atoms with Crippen LogP contribution in [0, 0.1) is 13.8 Å². The summed E-state index contributed by atoms with van der Waals surface area (Å²) in [6.45, 7) is 4.24. The smallest absolute Gasteiger partial charge is 0.180 e. The SMILES string of the molecule is Cc1cc(-c2csc(N)n2)sc1C. The summed E-state index contributed by atoms with van der Waals surface area (Å²) in [7, 11) is 0. The van der Waals surface area contributed by atoms with Crippen molar-refractivity contribution in [3.05, 3.63) is 21.9 Å². The fraction of sp³-hybridized carbons (Fsp3) is 0.222. The van der Waals surface area contributed by atoms with Crippen LogP contribution in [0.5, 0.6) is 0 Å². The third kappa shape index (κ3) is 1.59. The molecule has 0 aromatic carbocycles. The number of aromatic nitrogens is 1. The fourth-order valence-corrected chi connectivity index (χ4v) is 2.73. The van der Waals surface area contributed by atoms with Crippen LogP contribution >= 0.6 is 22.7 Å². The second kappa shape index (κ2) is 3.12. The van der Waals surface area contributed by atoms with Crippen LogP contribution < -0.4 is 5.73 Å². The van der Waals surface area contributed by atoms with Gasteiger partial charge in [-0.15, -0.1) is 22.7 Å². The molecule has 2 aromatic rings. The molecule has 2 heterocycles. The number of rotatable bonds is 1. The maximum absolute atomic E-state index is 5.57. The number of hydrogen-bond acceptors (Lipinski definition) is 4. The van der Waals surface area contributed by atoms with Crippen molar-refractivity contribution in [2.24, 2.45) is 0 Å². The van der Waals surface area contributed by atoms with Crippen LogP contribution in [0.1, 0.15) is 10.4 Å². The van der Waals surface area contributed by atoms with Gasteiger partial charge in [0, 0.05) is 10.3 Å². The minimum Gasteiger partial charge on any atom is -0.375 e. The van der Waals surface area contributed by atoms with E-state index < -0.39 is 0 Å². The topological polar surface area (TPSA) is 38.9 Å². The molecular weight excluding hydrogens is 200 g/mol. The molecule has 68 valence electrons. The van der Waals surface area contributed by atoms with Crippen molar-refractivity contribution < 1.29 is 0 Å². The van der Waals surface area contributed by atoms with Crippen molar-refractivity contribution in [3.8, 4) is 10.6 Å². The predicted molar refractivity (Wildman–Crippen MR) is 59.3 cm³/mol. The van der Waals surface area contributed by atoms with Crippen LogP contribution in [-0.2, 0) is 0 Å². The van der Waals surface area contributed by atoms with Gasteiger partial charge in [-0.05, 0) is 25.5 Å². The molecule has 0 unspecified atom stereocenters. The molecule has 0 aliphatic carbocycles. The summed E-state index contributed by atoms with van der Waals surface area (Å²) in [5.74, 6) is 0. The normalized spacial score (nSPS) is 10.6. The third-order valence-electron chi connectivity index (χ3n) is 1.94. The van der Waals surface area contributed by atoms with Crippen molar-refractivity contribution >= 4 is 27.8 Å². The first-order valence-electron chi connectivity index (χ1n) is 3.95. The highest BCUT2D eigenvalue weighted by Gasteiger charge is 2.06. The number of nitrogens with two attached hydrogens (primary N) is 1. The van der Waals surface area contributed by atoms with E-state index in [4.69, 9.17) is 5.73 Å². The fourth-order valence-electron chi connectivity index (χ4n) is 1.10. The molecule has 0 radical (unpaired) electrons. The number of thiophene rings is 1. The number of nitrogens with zero attached hydrogens (tertiary/aromatic N) is 1. The quantitative estimate of drug-likeness (QED) is 0.785. The molecule has 2 aromatic heterocycles. The number of hydrogen-bond donors (Lipinski definition) is 1. The van der Waals surface area contributed by atoms with Crippen molar-refractivity contribution in [2.75, 3.05) is 5.73 Å². The summed E-state index contributed by atoms with van der Waals surface area (Å²) in [5.41, 5.74) is 7.90. The molecular formula is C9H10N2S2. The lowest BCUT2D eigenvalue weighted by Gasteiger charge is -1.85. The van der Waals surface area contributed by atoms with Gasteiger partial charge in [0.25, 0.3) is 0 Å². The van der Waals surface area contributed by atoms with Gasteiger partial charge in [-0.2, -0.15) is 0 Å². The lowest BCUT2D eigenvalue weighted by Crippen LogP contribution is -1.80. The molecule has 0 amide bonds. The van der Waals surface area contributed by atoms with Crippen LogP contribution in [0.2, 0.25) is 0 Å². The van der Waals surface area contributed by atoms with Gasteiger partial charge in [0.05, 0.1) is 10.6 Å². The predicted octanol–water partition coefficient (Wildman–Crippen LogP) is 3.07. The molecule has 0 saturated carbocycles. The van der Waals surface area contributed by atoms with Crippen LogP contribution in [-0.4, -0.2) is 4.98 Å². The largest absolute Gasteiger partial charge is 0.375 e. The zero-order valence-electron chi connectivity index (χ0n) is 7.50. The van der Waals surface area contributed by atoms with Gasteiger partial charge in [0.15, 0.2) is 5.13 Å². The Bertz CT molecular complexity index is 409. The molecule has 0 bridgehead atoms. The van der Waals surface area contributed by atoms with E-state index in [1.807, 2.05) is 5.38 Å². The number of aryl methyl sites for hydroxylation is 2. The highest BCUT2D eigenvalue weighted by molar-refractivity contribution is 7.17. The zero-order chi connectivity index (χ0) is 9.42. The maximum atomic E-state index is 5.57. The van der Waals surface area contributed by atoms with Gasteiger partial charge >= 0.3 is 0 Å². The van der Waals surface area contributed by atoms with Gasteiger partial charge in [0.1, 0.15) is 0 Å². The Labute approximate surface area is 85.1 Å². The number of nitrogen functional groups attached to an aromatic ring is 1. The minimum absolute atomic E-state index is 0.638. The first kappa shape index (κ1) is 8.72. The van der Waals surface area contributed by atoms with E-state index >= 15 is 0 Å². The van der Waals surface area contributed by atoms with Crippen molar-refractivity contribution in [1.82, 2.24) is 4.98 Å². The van der Waals surface area contributed by atoms with Crippen LogP contribution in [0.25, 0.3) is 10.6 Å². The van der Waals surface area contributed by atoms with Gasteiger partial charge in [-0.3, -0.25) is 0 Å². The van der Waals surface area contributed by atoms with Crippen LogP contribution in [0.4, 0.5) is 5.13 Å². The van der Waals surface area contributed by atoms with Crippen molar-refractivity contribution in [2.45, 2.75) is 13.8 Å². The average molecular weight is 210 g/mol. The standard InChI is InChI=1S/C9H10N2S2/c1-5-3-8(13-6(5)2)7-4-12-9(10)11-7/h3-4H,1-2H3,(H2,10,11). The Morgan fingerprint density at radius 1 is 1.38 bits per heavy atom. The second-order valence-corrected chi connectivity index (χ2v) is 5.07. The van der Waals surface area contributed by atoms with E-state index in [1.165, 1.54) is 26.7 Å². The zero-order valence-corrected chi connectivity index (χ0v) is 9.13. The van der Waals surface area contributed by atoms with Gasteiger partial charge in [-0.1, -0.05) is 0 Å². The van der Waals surface area contributed by atoms with Crippen LogP contribution in [0.15, 0.2) is 11.4 Å². The maximum Gasteiger partial charge on any atom is 0.180 e. The summed E-state index contributed by atoms with van der Waals surface area (Å²) in [6, 6.07) is 2.16. The molecule has 2 N–H and O–H groups in total. The highest BCUT2D eigenvalue weighted by atomic mass is 32.1. The summed E-state index contributed by atoms with van der Waals surface area (Å²) in [4.78, 5) is 6.80. The molecule has 4 heteroatoms. The third-order valence-corrected chi connectivity index (χ3v) is 3.79. The van der Waals surface area contributed by atoms with E-state index in [9.17, 15) is 0 Å². The molecule has 2 nitrogen and oxygen atoms in total. The van der Waals surface area contributed by atoms with Gasteiger partial charge in [-0.25, -0.2) is 4.98 Å². The molecule has 0 fully saturated rings. The van der Waals surface area contributed by atoms with E-state index in [1.54, 1.807) is 11.3 Å². The Morgan fingerprint density at radius 3 is 2.62 bits per heavy atom. The number of anilines is 1.